The molecule has 0 spiro atoms. The largest absolute Gasteiger partial charge is 0.496 e. The summed E-state index contributed by atoms with van der Waals surface area (Å²) in [4.78, 5) is 26.4. The summed E-state index contributed by atoms with van der Waals surface area (Å²) in [5.41, 5.74) is 0.406. The molecule has 0 bridgehead atoms. The lowest BCUT2D eigenvalue weighted by Gasteiger charge is -2.12. The van der Waals surface area contributed by atoms with Gasteiger partial charge in [0.1, 0.15) is 11.3 Å². The van der Waals surface area contributed by atoms with Crippen molar-refractivity contribution in [2.24, 2.45) is 5.14 Å². The van der Waals surface area contributed by atoms with E-state index >= 15 is 0 Å². The Bertz CT molecular complexity index is 1230. The molecule has 3 aromatic carbocycles. The van der Waals surface area contributed by atoms with Gasteiger partial charge in [0.25, 0.3) is 5.91 Å². The number of hydrogen-bond acceptors (Lipinski definition) is 7. The molecule has 8 nitrogen and oxygen atoms in total. The normalized spacial score (nSPS) is 10.9. The van der Waals surface area contributed by atoms with Gasteiger partial charge in [0.05, 0.1) is 17.7 Å². The maximum atomic E-state index is 12.4. The number of anilines is 1. The number of hydrogen-bond donors (Lipinski definition) is 2. The van der Waals surface area contributed by atoms with Crippen molar-refractivity contribution < 1.29 is 27.5 Å². The zero-order chi connectivity index (χ0) is 23.1. The lowest BCUT2D eigenvalue weighted by atomic mass is 10.2. The Balaban J connectivity index is 1.68. The van der Waals surface area contributed by atoms with Gasteiger partial charge in [-0.05, 0) is 42.5 Å². The molecule has 10 heteroatoms. The number of carbonyl (C=O) groups excluding carboxylic acids is 2. The summed E-state index contributed by atoms with van der Waals surface area (Å²) in [6.45, 7) is -0.577. The molecule has 32 heavy (non-hydrogen) atoms. The third-order valence-corrected chi connectivity index (χ3v) is 6.18. The molecule has 0 aliphatic carbocycles. The SMILES string of the molecule is COc1ccc(S(N)(=O)=O)cc1C(=O)OCC(=O)Nc1ccccc1Sc1ccccc1. The number of rotatable bonds is 8. The minimum absolute atomic E-state index is 0.0902. The zero-order valence-electron chi connectivity index (χ0n) is 17.0. The lowest BCUT2D eigenvalue weighted by molar-refractivity contribution is -0.119. The standard InChI is InChI=1S/C22H20N2O6S2/c1-29-19-12-11-16(32(23,27)28)13-17(19)22(26)30-14-21(25)24-18-9-5-6-10-20(18)31-15-7-3-2-4-8-15/h2-13H,14H2,1H3,(H,24,25)(H2,23,27,28). The topological polar surface area (TPSA) is 125 Å². The average Bonchev–Trinajstić information content (AvgIpc) is 2.78. The van der Waals surface area contributed by atoms with E-state index in [1.54, 1.807) is 12.1 Å². The predicted octanol–water partition coefficient (Wildman–Crippen LogP) is 3.29. The highest BCUT2D eigenvalue weighted by molar-refractivity contribution is 7.99. The van der Waals surface area contributed by atoms with Crippen molar-refractivity contribution in [1.82, 2.24) is 0 Å². The van der Waals surface area contributed by atoms with Crippen molar-refractivity contribution in [2.75, 3.05) is 19.0 Å². The van der Waals surface area contributed by atoms with Crippen molar-refractivity contribution >= 4 is 39.3 Å². The monoisotopic (exact) mass is 472 g/mol. The smallest absolute Gasteiger partial charge is 0.342 e. The minimum Gasteiger partial charge on any atom is -0.496 e. The number of ether oxygens (including phenoxy) is 2. The number of nitrogens with one attached hydrogen (secondary N) is 1. The summed E-state index contributed by atoms with van der Waals surface area (Å²) in [7, 11) is -2.72. The molecule has 0 fully saturated rings. The molecule has 166 valence electrons. The number of sulfonamides is 1. The molecule has 0 saturated heterocycles. The fraction of sp³-hybridized carbons (Fsp3) is 0.0909. The molecular weight excluding hydrogens is 452 g/mol. The molecule has 3 aromatic rings. The van der Waals surface area contributed by atoms with Gasteiger partial charge >= 0.3 is 5.97 Å². The Labute approximate surface area is 189 Å². The fourth-order valence-corrected chi connectivity index (χ4v) is 4.16. The maximum Gasteiger partial charge on any atom is 0.342 e. The van der Waals surface area contributed by atoms with Crippen LogP contribution in [0.4, 0.5) is 5.69 Å². The molecule has 0 unspecified atom stereocenters. The quantitative estimate of drug-likeness (QED) is 0.482. The van der Waals surface area contributed by atoms with Gasteiger partial charge in [0.15, 0.2) is 6.61 Å². The molecule has 0 aliphatic rings. The van der Waals surface area contributed by atoms with Gasteiger partial charge in [0.2, 0.25) is 10.0 Å². The van der Waals surface area contributed by atoms with Crippen LogP contribution in [0.1, 0.15) is 10.4 Å². The second-order valence-electron chi connectivity index (χ2n) is 6.44. The third-order valence-electron chi connectivity index (χ3n) is 4.19. The van der Waals surface area contributed by atoms with Crippen LogP contribution in [0.2, 0.25) is 0 Å². The first kappa shape index (κ1) is 23.3. The molecular formula is C22H20N2O6S2. The predicted molar refractivity (Wildman–Crippen MR) is 120 cm³/mol. The first-order chi connectivity index (χ1) is 15.3. The van der Waals surface area contributed by atoms with Gasteiger partial charge in [0, 0.05) is 9.79 Å². The molecule has 0 aliphatic heterocycles. The van der Waals surface area contributed by atoms with Crippen molar-refractivity contribution in [2.45, 2.75) is 14.7 Å². The van der Waals surface area contributed by atoms with Crippen LogP contribution >= 0.6 is 11.8 Å². The summed E-state index contributed by atoms with van der Waals surface area (Å²) in [6, 6.07) is 20.4. The summed E-state index contributed by atoms with van der Waals surface area (Å²) in [5, 5.41) is 7.83. The van der Waals surface area contributed by atoms with Crippen molar-refractivity contribution in [1.29, 1.82) is 0 Å². The van der Waals surface area contributed by atoms with Crippen LogP contribution in [0, 0.1) is 0 Å². The van der Waals surface area contributed by atoms with Crippen LogP contribution < -0.4 is 15.2 Å². The van der Waals surface area contributed by atoms with Gasteiger partial charge in [-0.1, -0.05) is 42.1 Å². The van der Waals surface area contributed by atoms with Crippen molar-refractivity contribution in [3.63, 3.8) is 0 Å². The van der Waals surface area contributed by atoms with Crippen LogP contribution in [0.15, 0.2) is 87.5 Å². The Morgan fingerprint density at radius 1 is 1.00 bits per heavy atom. The summed E-state index contributed by atoms with van der Waals surface area (Å²) in [6.07, 6.45) is 0. The first-order valence-corrected chi connectivity index (χ1v) is 11.6. The Morgan fingerprint density at radius 2 is 1.69 bits per heavy atom. The number of carbonyl (C=O) groups is 2. The van der Waals surface area contributed by atoms with E-state index in [-0.39, 0.29) is 16.2 Å². The molecule has 0 aromatic heterocycles. The Hall–Kier alpha value is -3.34. The highest BCUT2D eigenvalue weighted by atomic mass is 32.2. The van der Waals surface area contributed by atoms with E-state index < -0.39 is 28.5 Å². The minimum atomic E-state index is -4.03. The molecule has 1 amide bonds. The first-order valence-electron chi connectivity index (χ1n) is 9.27. The van der Waals surface area contributed by atoms with E-state index in [0.29, 0.717) is 5.69 Å². The van der Waals surface area contributed by atoms with Gasteiger partial charge in [-0.15, -0.1) is 0 Å². The molecule has 3 N–H and O–H groups in total. The average molecular weight is 473 g/mol. The number of methoxy groups -OCH3 is 1. The van der Waals surface area contributed by atoms with Crippen LogP contribution in [-0.2, 0) is 19.6 Å². The second kappa shape index (κ2) is 10.3. The fourth-order valence-electron chi connectivity index (χ4n) is 2.69. The number of amides is 1. The lowest BCUT2D eigenvalue weighted by Crippen LogP contribution is -2.22. The Kier molecular flexibility index (Phi) is 7.52. The Morgan fingerprint density at radius 3 is 2.38 bits per heavy atom. The van der Waals surface area contributed by atoms with Crippen LogP contribution in [0.3, 0.4) is 0 Å². The molecule has 0 saturated carbocycles. The summed E-state index contributed by atoms with van der Waals surface area (Å²) in [5.74, 6) is -1.39. The summed E-state index contributed by atoms with van der Waals surface area (Å²) < 4.78 is 33.2. The molecule has 0 heterocycles. The third kappa shape index (κ3) is 6.10. The van der Waals surface area contributed by atoms with E-state index in [9.17, 15) is 18.0 Å². The van der Waals surface area contributed by atoms with Gasteiger partial charge in [-0.25, -0.2) is 18.4 Å². The van der Waals surface area contributed by atoms with Crippen molar-refractivity contribution in [3.8, 4) is 5.75 Å². The second-order valence-corrected chi connectivity index (χ2v) is 9.12. The highest BCUT2D eigenvalue weighted by Gasteiger charge is 2.19. The van der Waals surface area contributed by atoms with E-state index in [0.717, 1.165) is 15.9 Å². The van der Waals surface area contributed by atoms with E-state index in [2.05, 4.69) is 5.32 Å². The van der Waals surface area contributed by atoms with Crippen LogP contribution in [-0.4, -0.2) is 34.0 Å². The van der Waals surface area contributed by atoms with Crippen molar-refractivity contribution in [3.05, 3.63) is 78.4 Å². The van der Waals surface area contributed by atoms with Crippen LogP contribution in [0.25, 0.3) is 0 Å². The molecule has 0 radical (unpaired) electrons. The van der Waals surface area contributed by atoms with Crippen LogP contribution in [0.5, 0.6) is 5.75 Å². The zero-order valence-corrected chi connectivity index (χ0v) is 18.6. The molecule has 3 rings (SSSR count). The number of para-hydroxylation sites is 1. The number of primary sulfonamides is 1. The maximum absolute atomic E-state index is 12.4. The summed E-state index contributed by atoms with van der Waals surface area (Å²) >= 11 is 1.48. The van der Waals surface area contributed by atoms with E-state index in [4.69, 9.17) is 14.6 Å². The van der Waals surface area contributed by atoms with Gasteiger partial charge < -0.3 is 14.8 Å². The van der Waals surface area contributed by atoms with E-state index in [1.165, 1.54) is 31.0 Å². The number of nitrogens with two attached hydrogens (primary N) is 1. The highest BCUT2D eigenvalue weighted by Crippen LogP contribution is 2.33. The molecule has 0 atom stereocenters. The number of benzene rings is 3. The number of esters is 1. The van der Waals surface area contributed by atoms with Gasteiger partial charge in [-0.3, -0.25) is 4.79 Å². The van der Waals surface area contributed by atoms with Gasteiger partial charge in [-0.2, -0.15) is 0 Å². The van der Waals surface area contributed by atoms with E-state index in [1.807, 2.05) is 42.5 Å².